The van der Waals surface area contributed by atoms with Crippen molar-refractivity contribution in [3.63, 3.8) is 0 Å². The number of hydrogen-bond donors (Lipinski definition) is 1. The molecule has 1 N–H and O–H groups in total. The Balaban J connectivity index is 1.60. The number of hydrogen-bond acceptors (Lipinski definition) is 6. The SMILES string of the molecule is Cc1ccc(-c2sc(C)nc2C(=O)N2CC(F)(F)C[C@@H](C)C2CNc2cnc(C(F)(F)F)cn2)cc1. The van der Waals surface area contributed by atoms with Gasteiger partial charge in [-0.3, -0.25) is 4.79 Å². The van der Waals surface area contributed by atoms with Gasteiger partial charge in [-0.15, -0.1) is 11.3 Å². The highest BCUT2D eigenvalue weighted by Crippen LogP contribution is 2.37. The van der Waals surface area contributed by atoms with Crippen LogP contribution < -0.4 is 5.32 Å². The van der Waals surface area contributed by atoms with E-state index in [4.69, 9.17) is 0 Å². The highest BCUT2D eigenvalue weighted by Gasteiger charge is 2.47. The van der Waals surface area contributed by atoms with Gasteiger partial charge in [0.1, 0.15) is 11.5 Å². The quantitative estimate of drug-likeness (QED) is 0.424. The van der Waals surface area contributed by atoms with Gasteiger partial charge in [0.2, 0.25) is 0 Å². The Hall–Kier alpha value is -3.15. The summed E-state index contributed by atoms with van der Waals surface area (Å²) in [5, 5.41) is 3.47. The maximum atomic E-state index is 14.6. The average Bonchev–Trinajstić information content (AvgIpc) is 3.19. The Labute approximate surface area is 208 Å². The number of likely N-dealkylation sites (tertiary alicyclic amines) is 1. The first kappa shape index (κ1) is 25.9. The molecule has 1 aliphatic rings. The minimum atomic E-state index is -4.63. The lowest BCUT2D eigenvalue weighted by Crippen LogP contribution is -2.57. The Morgan fingerprint density at radius 1 is 1.17 bits per heavy atom. The third kappa shape index (κ3) is 5.63. The minimum absolute atomic E-state index is 0.00597. The Kier molecular flexibility index (Phi) is 7.00. The van der Waals surface area contributed by atoms with Gasteiger partial charge in [-0.2, -0.15) is 13.2 Å². The molecule has 12 heteroatoms. The summed E-state index contributed by atoms with van der Waals surface area (Å²) in [6, 6.07) is 6.83. The molecule has 1 aliphatic heterocycles. The molecule has 1 fully saturated rings. The second-order valence-corrected chi connectivity index (χ2v) is 10.2. The smallest absolute Gasteiger partial charge is 0.367 e. The van der Waals surface area contributed by atoms with Crippen LogP contribution in [0, 0.1) is 19.8 Å². The van der Waals surface area contributed by atoms with Crippen molar-refractivity contribution < 1.29 is 26.7 Å². The lowest BCUT2D eigenvalue weighted by Gasteiger charge is -2.43. The van der Waals surface area contributed by atoms with Gasteiger partial charge >= 0.3 is 6.18 Å². The second-order valence-electron chi connectivity index (χ2n) is 8.98. The number of piperidine rings is 1. The van der Waals surface area contributed by atoms with E-state index in [1.54, 1.807) is 13.8 Å². The van der Waals surface area contributed by atoms with Crippen molar-refractivity contribution in [2.75, 3.05) is 18.4 Å². The van der Waals surface area contributed by atoms with Crippen LogP contribution in [0.1, 0.15) is 40.1 Å². The number of benzene rings is 1. The minimum Gasteiger partial charge on any atom is -0.367 e. The van der Waals surface area contributed by atoms with Crippen molar-refractivity contribution in [1.29, 1.82) is 0 Å². The largest absolute Gasteiger partial charge is 0.434 e. The Bertz CT molecular complexity index is 1230. The lowest BCUT2D eigenvalue weighted by molar-refractivity contribution is -0.141. The van der Waals surface area contributed by atoms with Gasteiger partial charge < -0.3 is 10.2 Å². The lowest BCUT2D eigenvalue weighted by atomic mass is 9.88. The van der Waals surface area contributed by atoms with Gasteiger partial charge in [-0.1, -0.05) is 36.8 Å². The summed E-state index contributed by atoms with van der Waals surface area (Å²) in [6.07, 6.45) is -3.53. The van der Waals surface area contributed by atoms with Gasteiger partial charge in [-0.05, 0) is 25.3 Å². The molecule has 2 atom stereocenters. The standard InChI is InChI=1S/C24H24F5N5OS/c1-13-4-6-16(7-5-13)21-20(33-15(3)36-21)22(35)34-12-23(25,26)8-14(2)17(34)9-31-19-11-30-18(10-32-19)24(27,28)29/h4-7,10-11,14,17H,8-9,12H2,1-3H3,(H,31,32)/t14-,17?/m1/s1. The van der Waals surface area contributed by atoms with Crippen LogP contribution in [0.15, 0.2) is 36.7 Å². The number of nitrogens with one attached hydrogen (secondary N) is 1. The third-order valence-electron chi connectivity index (χ3n) is 6.03. The number of rotatable bonds is 5. The molecule has 0 saturated carbocycles. The van der Waals surface area contributed by atoms with Gasteiger partial charge in [-0.25, -0.2) is 23.7 Å². The van der Waals surface area contributed by atoms with Gasteiger partial charge in [0.15, 0.2) is 5.69 Å². The average molecular weight is 526 g/mol. The first-order valence-corrected chi connectivity index (χ1v) is 12.0. The summed E-state index contributed by atoms with van der Waals surface area (Å²) in [5.41, 5.74) is 0.763. The molecule has 0 spiro atoms. The fourth-order valence-electron chi connectivity index (χ4n) is 4.26. The molecule has 4 rings (SSSR count). The molecule has 1 saturated heterocycles. The first-order chi connectivity index (χ1) is 16.8. The maximum absolute atomic E-state index is 14.6. The number of nitrogens with zero attached hydrogens (tertiary/aromatic N) is 4. The van der Waals surface area contributed by atoms with E-state index in [9.17, 15) is 26.7 Å². The molecule has 6 nitrogen and oxygen atoms in total. The maximum Gasteiger partial charge on any atom is 0.434 e. The number of amides is 1. The van der Waals surface area contributed by atoms with Gasteiger partial charge in [0.25, 0.3) is 11.8 Å². The van der Waals surface area contributed by atoms with Crippen LogP contribution >= 0.6 is 11.3 Å². The van der Waals surface area contributed by atoms with Crippen LogP contribution in [0.25, 0.3) is 10.4 Å². The van der Waals surface area contributed by atoms with Crippen LogP contribution in [0.4, 0.5) is 27.8 Å². The highest BCUT2D eigenvalue weighted by molar-refractivity contribution is 7.15. The molecule has 192 valence electrons. The molecule has 3 aromatic rings. The molecule has 0 radical (unpaired) electrons. The zero-order chi connectivity index (χ0) is 26.3. The van der Waals surface area contributed by atoms with E-state index in [1.807, 2.05) is 31.2 Å². The zero-order valence-corrected chi connectivity index (χ0v) is 20.6. The van der Waals surface area contributed by atoms with E-state index in [1.165, 1.54) is 11.3 Å². The van der Waals surface area contributed by atoms with Crippen molar-refractivity contribution in [3.8, 4) is 10.4 Å². The van der Waals surface area contributed by atoms with Crippen molar-refractivity contribution in [3.05, 3.63) is 58.6 Å². The van der Waals surface area contributed by atoms with E-state index < -0.39 is 48.6 Å². The molecule has 1 aromatic carbocycles. The van der Waals surface area contributed by atoms with Crippen molar-refractivity contribution in [1.82, 2.24) is 19.9 Å². The van der Waals surface area contributed by atoms with Gasteiger partial charge in [0.05, 0.1) is 34.9 Å². The van der Waals surface area contributed by atoms with Crippen LogP contribution in [0.2, 0.25) is 0 Å². The third-order valence-corrected chi connectivity index (χ3v) is 7.05. The molecule has 0 bridgehead atoms. The van der Waals surface area contributed by atoms with E-state index in [-0.39, 0.29) is 18.1 Å². The molecular weight excluding hydrogens is 501 g/mol. The van der Waals surface area contributed by atoms with Crippen LogP contribution in [0.3, 0.4) is 0 Å². The van der Waals surface area contributed by atoms with Crippen LogP contribution in [0.5, 0.6) is 0 Å². The fraction of sp³-hybridized carbons (Fsp3) is 0.417. The summed E-state index contributed by atoms with van der Waals surface area (Å²) in [7, 11) is 0. The molecule has 1 unspecified atom stereocenters. The Morgan fingerprint density at radius 2 is 1.86 bits per heavy atom. The summed E-state index contributed by atoms with van der Waals surface area (Å²) in [4.78, 5) is 26.8. The number of anilines is 1. The summed E-state index contributed by atoms with van der Waals surface area (Å²) in [5.74, 6) is -4.26. The summed E-state index contributed by atoms with van der Waals surface area (Å²) < 4.78 is 67.4. The summed E-state index contributed by atoms with van der Waals surface area (Å²) in [6.45, 7) is 4.51. The van der Waals surface area contributed by atoms with E-state index >= 15 is 0 Å². The number of aromatic nitrogens is 3. The van der Waals surface area contributed by atoms with Crippen molar-refractivity contribution in [2.45, 2.75) is 45.3 Å². The van der Waals surface area contributed by atoms with E-state index in [0.717, 1.165) is 22.2 Å². The molecule has 1 amide bonds. The zero-order valence-electron chi connectivity index (χ0n) is 19.7. The predicted octanol–water partition coefficient (Wildman–Crippen LogP) is 5.83. The first-order valence-electron chi connectivity index (χ1n) is 11.2. The van der Waals surface area contributed by atoms with Gasteiger partial charge in [0, 0.05) is 13.0 Å². The molecule has 2 aromatic heterocycles. The number of aryl methyl sites for hydroxylation is 2. The Morgan fingerprint density at radius 3 is 2.47 bits per heavy atom. The van der Waals surface area contributed by atoms with E-state index in [2.05, 4.69) is 20.3 Å². The van der Waals surface area contributed by atoms with Crippen LogP contribution in [-0.2, 0) is 6.18 Å². The number of alkyl halides is 5. The predicted molar refractivity (Wildman–Crippen MR) is 126 cm³/mol. The summed E-state index contributed by atoms with van der Waals surface area (Å²) >= 11 is 1.31. The van der Waals surface area contributed by atoms with Crippen LogP contribution in [-0.4, -0.2) is 50.8 Å². The fourth-order valence-corrected chi connectivity index (χ4v) is 5.18. The molecule has 0 aliphatic carbocycles. The van der Waals surface area contributed by atoms with E-state index in [0.29, 0.717) is 16.1 Å². The normalized spacial score (nSPS) is 19.8. The number of halogens is 5. The second kappa shape index (κ2) is 9.72. The van der Waals surface area contributed by atoms with Crippen molar-refractivity contribution in [2.24, 2.45) is 5.92 Å². The number of thiazole rings is 1. The topological polar surface area (TPSA) is 71.0 Å². The number of carbonyl (C=O) groups excluding carboxylic acids is 1. The monoisotopic (exact) mass is 525 g/mol. The molecular formula is C24H24F5N5OS. The number of carbonyl (C=O) groups is 1. The van der Waals surface area contributed by atoms with Crippen molar-refractivity contribution >= 4 is 23.1 Å². The molecule has 3 heterocycles. The highest BCUT2D eigenvalue weighted by atomic mass is 32.1. The molecule has 36 heavy (non-hydrogen) atoms.